The van der Waals surface area contributed by atoms with Gasteiger partial charge >= 0.3 is 0 Å². The number of aliphatic hydroxyl groups excluding tert-OH is 1. The molecular weight excluding hydrogens is 492 g/mol. The van der Waals surface area contributed by atoms with Crippen molar-refractivity contribution < 1.29 is 9.90 Å². The molecule has 206 valence electrons. The van der Waals surface area contributed by atoms with Gasteiger partial charge in [0.25, 0.3) is 5.91 Å². The smallest absolute Gasteiger partial charge is 0.257 e. The number of hydrogen-bond donors (Lipinski definition) is 1. The molecule has 3 fully saturated rings. The molecule has 0 bridgehead atoms. The van der Waals surface area contributed by atoms with E-state index in [-0.39, 0.29) is 5.91 Å². The lowest BCUT2D eigenvalue weighted by Crippen LogP contribution is -2.49. The second-order valence-electron chi connectivity index (χ2n) is 11.4. The van der Waals surface area contributed by atoms with E-state index in [9.17, 15) is 9.90 Å². The number of nitrogens with zero attached hydrogens (tertiary/aromatic N) is 4. The van der Waals surface area contributed by atoms with Gasteiger partial charge in [0.05, 0.1) is 11.3 Å². The van der Waals surface area contributed by atoms with Crippen LogP contribution in [0.15, 0.2) is 41.3 Å². The maximum Gasteiger partial charge on any atom is 0.257 e. The highest BCUT2D eigenvalue weighted by atomic mass is 32.2. The van der Waals surface area contributed by atoms with Gasteiger partial charge in [-0.15, -0.1) is 11.8 Å². The van der Waals surface area contributed by atoms with Crippen molar-refractivity contribution >= 4 is 23.5 Å². The molecular formula is C31H44N4O2S. The quantitative estimate of drug-likeness (QED) is 0.469. The molecule has 0 radical (unpaired) electrons. The Bertz CT molecular complexity index is 1060. The second-order valence-corrected chi connectivity index (χ2v) is 12.3. The lowest BCUT2D eigenvalue weighted by atomic mass is 9.93. The van der Waals surface area contributed by atoms with E-state index in [0.29, 0.717) is 24.6 Å². The van der Waals surface area contributed by atoms with Gasteiger partial charge in [-0.1, -0.05) is 31.4 Å². The van der Waals surface area contributed by atoms with E-state index in [2.05, 4.69) is 40.3 Å². The number of carbonyl (C=O) groups excluding carboxylic acids is 1. The van der Waals surface area contributed by atoms with Gasteiger partial charge in [-0.05, 0) is 81.5 Å². The highest BCUT2D eigenvalue weighted by Gasteiger charge is 2.32. The first-order valence-electron chi connectivity index (χ1n) is 14.6. The third kappa shape index (κ3) is 6.21. The first-order chi connectivity index (χ1) is 18.6. The number of aliphatic hydroxyl groups is 1. The van der Waals surface area contributed by atoms with Crippen molar-refractivity contribution in [3.8, 4) is 11.3 Å². The lowest BCUT2D eigenvalue weighted by Gasteiger charge is -2.42. The predicted octanol–water partition coefficient (Wildman–Crippen LogP) is 5.55. The van der Waals surface area contributed by atoms with Crippen molar-refractivity contribution in [2.45, 2.75) is 74.8 Å². The van der Waals surface area contributed by atoms with Crippen LogP contribution in [0.1, 0.15) is 68.1 Å². The van der Waals surface area contributed by atoms with Crippen LogP contribution in [0.4, 0.5) is 5.82 Å². The fourth-order valence-corrected chi connectivity index (χ4v) is 7.03. The van der Waals surface area contributed by atoms with E-state index in [4.69, 9.17) is 4.98 Å². The number of amides is 1. The molecule has 2 aromatic rings. The summed E-state index contributed by atoms with van der Waals surface area (Å²) >= 11 is 1.74. The van der Waals surface area contributed by atoms with E-state index in [1.165, 1.54) is 30.6 Å². The van der Waals surface area contributed by atoms with Crippen LogP contribution in [0, 0.1) is 5.92 Å². The van der Waals surface area contributed by atoms with Crippen LogP contribution in [-0.4, -0.2) is 84.0 Å². The summed E-state index contributed by atoms with van der Waals surface area (Å²) in [6.07, 6.45) is 12.4. The van der Waals surface area contributed by atoms with Crippen molar-refractivity contribution in [2.75, 3.05) is 51.0 Å². The summed E-state index contributed by atoms with van der Waals surface area (Å²) in [5, 5.41) is 9.69. The van der Waals surface area contributed by atoms with Gasteiger partial charge in [-0.25, -0.2) is 4.98 Å². The highest BCUT2D eigenvalue weighted by Crippen LogP contribution is 2.32. The van der Waals surface area contributed by atoms with E-state index in [0.717, 1.165) is 80.9 Å². The third-order valence-electron chi connectivity index (χ3n) is 9.02. The fourth-order valence-electron chi connectivity index (χ4n) is 6.62. The van der Waals surface area contributed by atoms with Gasteiger partial charge in [0.15, 0.2) is 0 Å². The van der Waals surface area contributed by atoms with Crippen LogP contribution >= 0.6 is 11.8 Å². The molecule has 38 heavy (non-hydrogen) atoms. The van der Waals surface area contributed by atoms with Gasteiger partial charge < -0.3 is 14.9 Å². The Morgan fingerprint density at radius 2 is 1.71 bits per heavy atom. The van der Waals surface area contributed by atoms with Gasteiger partial charge in [-0.2, -0.15) is 0 Å². The molecule has 0 unspecified atom stereocenters. The number of pyridine rings is 1. The van der Waals surface area contributed by atoms with Crippen LogP contribution in [0.25, 0.3) is 11.3 Å². The molecule has 1 atom stereocenters. The number of benzene rings is 1. The average Bonchev–Trinajstić information content (AvgIpc) is 3.00. The Hall–Kier alpha value is -2.09. The molecule has 1 N–H and O–H groups in total. The standard InChI is InChI=1S/C31H44N4O2S/c1-33(25-8-4-3-5-9-25)31(37)28-14-15-29(24-10-12-27(38-2)13-11-24)32-30(28)34-19-16-26(17-20-34)35-18-6-7-23(21-35)22-36/h10-15,23,25-26,36H,3-9,16-22H2,1-2H3/t23-/m0/s1. The normalized spacial score (nSPS) is 22.0. The van der Waals surface area contributed by atoms with Crippen molar-refractivity contribution in [3.05, 3.63) is 42.0 Å². The van der Waals surface area contributed by atoms with Crippen molar-refractivity contribution in [2.24, 2.45) is 5.92 Å². The Balaban J connectivity index is 1.38. The Kier molecular flexibility index (Phi) is 9.29. The SMILES string of the molecule is CSc1ccc(-c2ccc(C(=O)N(C)C3CCCCC3)c(N3CCC(N4CCC[C@H](CO)C4)CC3)n2)cc1. The minimum absolute atomic E-state index is 0.104. The van der Waals surface area contributed by atoms with Crippen LogP contribution in [-0.2, 0) is 0 Å². The summed E-state index contributed by atoms with van der Waals surface area (Å²) in [7, 11) is 1.98. The lowest BCUT2D eigenvalue weighted by molar-refractivity contribution is 0.0695. The maximum atomic E-state index is 13.8. The maximum absolute atomic E-state index is 13.8. The van der Waals surface area contributed by atoms with Crippen LogP contribution in [0.3, 0.4) is 0 Å². The first kappa shape index (κ1) is 27.5. The van der Waals surface area contributed by atoms with Gasteiger partial charge in [0.2, 0.25) is 0 Å². The Morgan fingerprint density at radius 1 is 0.974 bits per heavy atom. The molecule has 1 aliphatic carbocycles. The summed E-state index contributed by atoms with van der Waals surface area (Å²) in [4.78, 5) is 27.2. The van der Waals surface area contributed by atoms with Crippen molar-refractivity contribution in [1.82, 2.24) is 14.8 Å². The molecule has 1 aromatic heterocycles. The molecule has 1 aromatic carbocycles. The summed E-state index contributed by atoms with van der Waals surface area (Å²) in [5.41, 5.74) is 2.75. The number of piperidine rings is 2. The van der Waals surface area contributed by atoms with Crippen LogP contribution in [0.5, 0.6) is 0 Å². The van der Waals surface area contributed by atoms with E-state index < -0.39 is 0 Å². The molecule has 3 heterocycles. The monoisotopic (exact) mass is 536 g/mol. The number of anilines is 1. The summed E-state index contributed by atoms with van der Waals surface area (Å²) in [6.45, 7) is 4.25. The molecule has 2 aliphatic heterocycles. The molecule has 1 amide bonds. The van der Waals surface area contributed by atoms with E-state index in [1.807, 2.05) is 24.1 Å². The number of rotatable bonds is 7. The zero-order valence-corrected chi connectivity index (χ0v) is 24.0. The zero-order chi connectivity index (χ0) is 26.5. The number of carbonyl (C=O) groups is 1. The molecule has 1 saturated carbocycles. The highest BCUT2D eigenvalue weighted by molar-refractivity contribution is 7.98. The molecule has 6 nitrogen and oxygen atoms in total. The topological polar surface area (TPSA) is 59.9 Å². The van der Waals surface area contributed by atoms with Gasteiger partial charge in [-0.3, -0.25) is 9.69 Å². The zero-order valence-electron chi connectivity index (χ0n) is 23.1. The van der Waals surface area contributed by atoms with E-state index in [1.54, 1.807) is 11.8 Å². The average molecular weight is 537 g/mol. The molecule has 3 aliphatic rings. The molecule has 0 spiro atoms. The molecule has 7 heteroatoms. The van der Waals surface area contributed by atoms with Crippen LogP contribution < -0.4 is 4.90 Å². The molecule has 2 saturated heterocycles. The molecule has 5 rings (SSSR count). The summed E-state index contributed by atoms with van der Waals surface area (Å²) in [6, 6.07) is 13.5. The largest absolute Gasteiger partial charge is 0.396 e. The van der Waals surface area contributed by atoms with E-state index >= 15 is 0 Å². The second kappa shape index (κ2) is 12.8. The van der Waals surface area contributed by atoms with Gasteiger partial charge in [0, 0.05) is 55.8 Å². The summed E-state index contributed by atoms with van der Waals surface area (Å²) < 4.78 is 0. The number of aromatic nitrogens is 1. The number of likely N-dealkylation sites (tertiary alicyclic amines) is 1. The summed E-state index contributed by atoms with van der Waals surface area (Å²) in [5.74, 6) is 1.36. The number of thioether (sulfide) groups is 1. The van der Waals surface area contributed by atoms with Crippen molar-refractivity contribution in [1.29, 1.82) is 0 Å². The first-order valence-corrected chi connectivity index (χ1v) is 15.8. The minimum Gasteiger partial charge on any atom is -0.396 e. The van der Waals surface area contributed by atoms with Gasteiger partial charge in [0.1, 0.15) is 5.82 Å². The minimum atomic E-state index is 0.104. The van der Waals surface area contributed by atoms with Crippen molar-refractivity contribution in [3.63, 3.8) is 0 Å². The Morgan fingerprint density at radius 3 is 2.39 bits per heavy atom. The third-order valence-corrected chi connectivity index (χ3v) is 9.77. The number of hydrogen-bond acceptors (Lipinski definition) is 6. The fraction of sp³-hybridized carbons (Fsp3) is 0.613. The Labute approximate surface area is 232 Å². The predicted molar refractivity (Wildman–Crippen MR) is 157 cm³/mol. The van der Waals surface area contributed by atoms with Crippen LogP contribution in [0.2, 0.25) is 0 Å².